The van der Waals surface area contributed by atoms with Gasteiger partial charge in [-0.2, -0.15) is 0 Å². The molecule has 10 heteroatoms. The number of nitrogens with zero attached hydrogens (tertiary/aromatic N) is 1. The van der Waals surface area contributed by atoms with Crippen molar-refractivity contribution in [1.82, 2.24) is 15.8 Å². The van der Waals surface area contributed by atoms with E-state index in [2.05, 4.69) is 21.1 Å². The van der Waals surface area contributed by atoms with Crippen LogP contribution in [0.15, 0.2) is 45.8 Å². The molecule has 29 heavy (non-hydrogen) atoms. The van der Waals surface area contributed by atoms with Gasteiger partial charge in [0.1, 0.15) is 5.56 Å². The summed E-state index contributed by atoms with van der Waals surface area (Å²) >= 11 is 1.18. The number of amides is 3. The summed E-state index contributed by atoms with van der Waals surface area (Å²) in [7, 11) is 1.52. The van der Waals surface area contributed by atoms with Gasteiger partial charge in [-0.1, -0.05) is 23.4 Å². The molecule has 150 valence electrons. The maximum absolute atomic E-state index is 12.8. The Kier molecular flexibility index (Phi) is 6.45. The smallest absolute Gasteiger partial charge is 0.314 e. The average Bonchev–Trinajstić information content (AvgIpc) is 3.18. The van der Waals surface area contributed by atoms with Crippen LogP contribution in [0.1, 0.15) is 37.8 Å². The number of carbonyl (C=O) groups excluding carboxylic acids is 4. The van der Waals surface area contributed by atoms with Crippen LogP contribution in [-0.4, -0.2) is 48.0 Å². The highest BCUT2D eigenvalue weighted by atomic mass is 32.2. The Hall–Kier alpha value is -3.40. The second-order valence-corrected chi connectivity index (χ2v) is 7.10. The number of aromatic nitrogens is 1. The summed E-state index contributed by atoms with van der Waals surface area (Å²) in [6.07, 6.45) is 1.78. The van der Waals surface area contributed by atoms with Crippen molar-refractivity contribution >= 4 is 41.0 Å². The van der Waals surface area contributed by atoms with Crippen LogP contribution in [0.25, 0.3) is 0 Å². The number of carbonyl (C=O) groups is 4. The lowest BCUT2D eigenvalue weighted by Gasteiger charge is -2.11. The summed E-state index contributed by atoms with van der Waals surface area (Å²) < 4.78 is 4.97. The van der Waals surface area contributed by atoms with Gasteiger partial charge in [0.25, 0.3) is 5.91 Å². The van der Waals surface area contributed by atoms with Crippen molar-refractivity contribution in [3.8, 4) is 0 Å². The third-order valence-corrected chi connectivity index (χ3v) is 5.07. The van der Waals surface area contributed by atoms with E-state index in [1.165, 1.54) is 24.9 Å². The molecule has 1 aromatic carbocycles. The number of ketones is 2. The Morgan fingerprint density at radius 3 is 2.66 bits per heavy atom. The normalized spacial score (nSPS) is 12.8. The van der Waals surface area contributed by atoms with Crippen LogP contribution < -0.4 is 16.0 Å². The maximum atomic E-state index is 12.8. The van der Waals surface area contributed by atoms with Crippen molar-refractivity contribution in [3.05, 3.63) is 58.3 Å². The van der Waals surface area contributed by atoms with Gasteiger partial charge < -0.3 is 20.5 Å². The Morgan fingerprint density at radius 2 is 1.93 bits per heavy atom. The fraction of sp³-hybridized carbons (Fsp3) is 0.211. The summed E-state index contributed by atoms with van der Waals surface area (Å²) in [4.78, 5) is 49.0. The Labute approximate surface area is 170 Å². The molecule has 0 saturated heterocycles. The summed E-state index contributed by atoms with van der Waals surface area (Å²) in [6.45, 7) is 0.422. The molecule has 3 N–H and O–H groups in total. The number of Topliss-reactive ketones (excluding diaryl/α,β-unsaturated/α-hetero) is 1. The van der Waals surface area contributed by atoms with Gasteiger partial charge in [-0.25, -0.2) is 4.79 Å². The molecule has 0 unspecified atom stereocenters. The van der Waals surface area contributed by atoms with Gasteiger partial charge in [0.2, 0.25) is 17.3 Å². The minimum Gasteiger partial charge on any atom is -0.351 e. The first-order valence-electron chi connectivity index (χ1n) is 8.76. The zero-order valence-electron chi connectivity index (χ0n) is 15.5. The van der Waals surface area contributed by atoms with E-state index >= 15 is 0 Å². The molecule has 1 aliphatic rings. The van der Waals surface area contributed by atoms with Gasteiger partial charge in [-0.15, -0.1) is 11.8 Å². The van der Waals surface area contributed by atoms with E-state index in [1.54, 1.807) is 30.3 Å². The molecule has 0 fully saturated rings. The Morgan fingerprint density at radius 1 is 1.17 bits per heavy atom. The third kappa shape index (κ3) is 4.72. The van der Waals surface area contributed by atoms with Crippen molar-refractivity contribution in [3.63, 3.8) is 0 Å². The molecule has 1 heterocycles. The van der Waals surface area contributed by atoms with Crippen LogP contribution in [-0.2, 0) is 0 Å². The van der Waals surface area contributed by atoms with E-state index in [-0.39, 0.29) is 28.0 Å². The van der Waals surface area contributed by atoms with E-state index < -0.39 is 17.5 Å². The highest BCUT2D eigenvalue weighted by Gasteiger charge is 2.36. The standard InChI is InChI=1S/C19H18N4O5S/c1-20-19(27)21-8-5-9-29-13-10-12(24)17-14(16(13)25)15(23-28-17)18(26)22-11-6-3-2-4-7-11/h2-4,6-7,10H,5,8-9H2,1H3,(H,22,26)(H2,20,21,27). The Balaban J connectivity index is 1.68. The lowest BCUT2D eigenvalue weighted by Crippen LogP contribution is -2.33. The number of allylic oxidation sites excluding steroid dienone is 2. The molecule has 0 spiro atoms. The number of hydrogen-bond acceptors (Lipinski definition) is 7. The van der Waals surface area contributed by atoms with E-state index in [0.29, 0.717) is 24.4 Å². The number of thioether (sulfide) groups is 1. The lowest BCUT2D eigenvalue weighted by molar-refractivity contribution is 0.0967. The highest BCUT2D eigenvalue weighted by Crippen LogP contribution is 2.31. The summed E-state index contributed by atoms with van der Waals surface area (Å²) in [5.74, 6) is -1.37. The number of nitrogens with one attached hydrogen (secondary N) is 3. The topological polar surface area (TPSA) is 130 Å². The van der Waals surface area contributed by atoms with Crippen LogP contribution in [0.2, 0.25) is 0 Å². The summed E-state index contributed by atoms with van der Waals surface area (Å²) in [6, 6.07) is 8.38. The third-order valence-electron chi connectivity index (χ3n) is 3.97. The summed E-state index contributed by atoms with van der Waals surface area (Å²) in [5.41, 5.74) is 0.171. The van der Waals surface area contributed by atoms with E-state index in [1.807, 2.05) is 0 Å². The van der Waals surface area contributed by atoms with Crippen LogP contribution in [0.4, 0.5) is 10.5 Å². The number of fused-ring (bicyclic) bond motifs is 1. The van der Waals surface area contributed by atoms with Crippen molar-refractivity contribution in [2.45, 2.75) is 6.42 Å². The molecule has 3 rings (SSSR count). The number of hydrogen-bond donors (Lipinski definition) is 3. The fourth-order valence-corrected chi connectivity index (χ4v) is 3.49. The maximum Gasteiger partial charge on any atom is 0.314 e. The van der Waals surface area contributed by atoms with Gasteiger partial charge >= 0.3 is 6.03 Å². The van der Waals surface area contributed by atoms with Crippen molar-refractivity contribution < 1.29 is 23.7 Å². The molecule has 2 aromatic rings. The number of urea groups is 1. The minimum absolute atomic E-state index is 0.128. The zero-order valence-corrected chi connectivity index (χ0v) is 16.3. The predicted molar refractivity (Wildman–Crippen MR) is 107 cm³/mol. The minimum atomic E-state index is -0.636. The van der Waals surface area contributed by atoms with E-state index in [4.69, 9.17) is 4.52 Å². The number of benzene rings is 1. The van der Waals surface area contributed by atoms with Crippen LogP contribution >= 0.6 is 11.8 Å². The first kappa shape index (κ1) is 20.3. The highest BCUT2D eigenvalue weighted by molar-refractivity contribution is 8.04. The monoisotopic (exact) mass is 414 g/mol. The molecule has 0 aliphatic heterocycles. The number of para-hydroxylation sites is 1. The molecule has 9 nitrogen and oxygen atoms in total. The molecule has 1 aliphatic carbocycles. The number of anilines is 1. The van der Waals surface area contributed by atoms with Crippen molar-refractivity contribution in [1.29, 1.82) is 0 Å². The SMILES string of the molecule is CNC(=O)NCCCSC1=CC(=O)c2onc(C(=O)Nc3ccccc3)c2C1=O. The first-order valence-corrected chi connectivity index (χ1v) is 9.75. The van der Waals surface area contributed by atoms with Gasteiger partial charge in [0.15, 0.2) is 5.69 Å². The molecule has 1 aromatic heterocycles. The molecule has 0 bridgehead atoms. The van der Waals surface area contributed by atoms with E-state index in [9.17, 15) is 19.2 Å². The zero-order chi connectivity index (χ0) is 20.8. The van der Waals surface area contributed by atoms with Gasteiger partial charge in [0.05, 0.1) is 4.91 Å². The van der Waals surface area contributed by atoms with Crippen LogP contribution in [0, 0.1) is 0 Å². The molecular weight excluding hydrogens is 396 g/mol. The van der Waals surface area contributed by atoms with Crippen molar-refractivity contribution in [2.75, 3.05) is 24.7 Å². The lowest BCUT2D eigenvalue weighted by atomic mass is 9.99. The fourth-order valence-electron chi connectivity index (χ4n) is 2.56. The second-order valence-electron chi connectivity index (χ2n) is 5.97. The largest absolute Gasteiger partial charge is 0.351 e. The summed E-state index contributed by atoms with van der Waals surface area (Å²) in [5, 5.41) is 11.3. The van der Waals surface area contributed by atoms with Crippen molar-refractivity contribution in [2.24, 2.45) is 0 Å². The molecular formula is C19H18N4O5S. The Bertz CT molecular complexity index is 984. The van der Waals surface area contributed by atoms with Gasteiger partial charge in [-0.3, -0.25) is 14.4 Å². The average molecular weight is 414 g/mol. The first-order chi connectivity index (χ1) is 14.0. The van der Waals surface area contributed by atoms with Gasteiger partial charge in [-0.05, 0) is 24.3 Å². The van der Waals surface area contributed by atoms with Crippen LogP contribution in [0.3, 0.4) is 0 Å². The van der Waals surface area contributed by atoms with Gasteiger partial charge in [0, 0.05) is 25.4 Å². The predicted octanol–water partition coefficient (Wildman–Crippen LogP) is 2.24. The van der Waals surface area contributed by atoms with E-state index in [0.717, 1.165) is 0 Å². The molecule has 0 saturated carbocycles. The molecule has 3 amide bonds. The number of rotatable bonds is 7. The molecule has 0 radical (unpaired) electrons. The van der Waals surface area contributed by atoms with Crippen LogP contribution in [0.5, 0.6) is 0 Å². The molecule has 0 atom stereocenters. The second kappa shape index (κ2) is 9.20. The quantitative estimate of drug-likeness (QED) is 0.592.